The van der Waals surface area contributed by atoms with Crippen LogP contribution in [0.3, 0.4) is 0 Å². The van der Waals surface area contributed by atoms with Gasteiger partial charge in [-0.3, -0.25) is 0 Å². The van der Waals surface area contributed by atoms with Crippen molar-refractivity contribution < 1.29 is 9.02 Å². The second-order valence-corrected chi connectivity index (χ2v) is 5.47. The number of nitrogens with one attached hydrogen (secondary N) is 1. The first-order chi connectivity index (χ1) is 10.6. The monoisotopic (exact) mass is 349 g/mol. The van der Waals surface area contributed by atoms with E-state index < -0.39 is 0 Å². The molecule has 0 aromatic heterocycles. The molecule has 0 aliphatic carbocycles. The molecule has 1 unspecified atom stereocenters. The summed E-state index contributed by atoms with van der Waals surface area (Å²) < 4.78 is 12.2. The fraction of sp³-hybridized carbons (Fsp3) is 0.462. The van der Waals surface area contributed by atoms with Crippen LogP contribution in [0.2, 0.25) is 10.0 Å². The van der Waals surface area contributed by atoms with Gasteiger partial charge in [0.25, 0.3) is 0 Å². The topological polar surface area (TPSA) is 42.8 Å². The highest BCUT2D eigenvalue weighted by molar-refractivity contribution is 8.15. The molecule has 0 spiro atoms. The van der Waals surface area contributed by atoms with Crippen LogP contribution in [-0.2, 0) is 9.02 Å². The minimum absolute atomic E-state index is 0.0199. The highest BCUT2D eigenvalue weighted by atomic mass is 35.5. The molecule has 0 amide bonds. The molecule has 21 heavy (non-hydrogen) atoms. The first-order valence-electron chi connectivity index (χ1n) is 6.89. The second kappa shape index (κ2) is 10.4. The van der Waals surface area contributed by atoms with E-state index in [0.29, 0.717) is 29.6 Å². The second-order valence-electron chi connectivity index (χ2n) is 4.23. The van der Waals surface area contributed by atoms with Gasteiger partial charge in [0.15, 0.2) is 0 Å². The first kappa shape index (κ1) is 17.0. The van der Waals surface area contributed by atoms with E-state index in [9.17, 15) is 0 Å². The molecule has 1 N–H and O–H groups in total. The maximum Gasteiger partial charge on any atom is 0.209 e. The summed E-state index contributed by atoms with van der Waals surface area (Å²) in [6.07, 6.45) is 0.683. The number of oxime groups is 1. The lowest BCUT2D eigenvalue weighted by atomic mass is 9.91. The Kier molecular flexibility index (Phi) is 8.36. The molecule has 0 aliphatic heterocycles. The molecule has 1 atom stereocenters. The lowest BCUT2D eigenvalue weighted by Gasteiger charge is -2.19. The lowest BCUT2D eigenvalue weighted by molar-refractivity contribution is 0.210. The fourth-order valence-corrected chi connectivity index (χ4v) is 2.49. The van der Waals surface area contributed by atoms with Crippen LogP contribution in [0.15, 0.2) is 23.4 Å². The standard InChI is InChI=1S/C13H18BCl2N2O2S/c1-17-8-13(18-19-2)10(5-6-20-21-14)9-3-4-11(15)12(16)7-9/h3-4,7,10,14,17H,5-6,8H2,1-2H3/b18-13+/i14T. The van der Waals surface area contributed by atoms with Gasteiger partial charge < -0.3 is 14.3 Å². The Balaban J connectivity index is 2.97. The van der Waals surface area contributed by atoms with Crippen LogP contribution in [-0.4, -0.2) is 41.4 Å². The summed E-state index contributed by atoms with van der Waals surface area (Å²) in [5.41, 5.74) is 1.83. The van der Waals surface area contributed by atoms with Crippen LogP contribution in [0.4, 0.5) is 0 Å². The van der Waals surface area contributed by atoms with Gasteiger partial charge in [0, 0.05) is 12.5 Å². The average molecular weight is 350 g/mol. The van der Waals surface area contributed by atoms with Crippen LogP contribution in [0.1, 0.15) is 17.9 Å². The van der Waals surface area contributed by atoms with Crippen molar-refractivity contribution in [3.05, 3.63) is 33.8 Å². The SMILES string of the molecule is [3H][B]SOCCC(/C(CNC)=N/OC)c1ccc(Cl)c(Cl)c1. The number of rotatable bonds is 10. The molecule has 0 fully saturated rings. The van der Waals surface area contributed by atoms with E-state index in [1.807, 2.05) is 19.2 Å². The zero-order valence-corrected chi connectivity index (χ0v) is 14.3. The maximum absolute atomic E-state index is 6.95. The molecule has 1 rings (SSSR count). The molecule has 1 radical (unpaired) electrons. The summed E-state index contributed by atoms with van der Waals surface area (Å²) in [5, 5.41) is 8.20. The molecule has 1 aromatic rings. The predicted octanol–water partition coefficient (Wildman–Crippen LogP) is 3.17. The zero-order valence-electron chi connectivity index (χ0n) is 12.9. The molecular weight excluding hydrogens is 330 g/mol. The Morgan fingerprint density at radius 2 is 2.33 bits per heavy atom. The predicted molar refractivity (Wildman–Crippen MR) is 92.9 cm³/mol. The van der Waals surface area contributed by atoms with Gasteiger partial charge in [0.05, 0.1) is 22.4 Å². The Labute approximate surface area is 142 Å². The van der Waals surface area contributed by atoms with E-state index in [-0.39, 0.29) is 5.92 Å². The van der Waals surface area contributed by atoms with Crippen molar-refractivity contribution >= 4 is 47.9 Å². The maximum atomic E-state index is 6.95. The van der Waals surface area contributed by atoms with Crippen LogP contribution >= 0.6 is 35.1 Å². The molecule has 0 saturated carbocycles. The van der Waals surface area contributed by atoms with Gasteiger partial charge in [0.2, 0.25) is 7.09 Å². The van der Waals surface area contributed by atoms with Gasteiger partial charge in [0.1, 0.15) is 7.11 Å². The van der Waals surface area contributed by atoms with Gasteiger partial charge in [-0.2, -0.15) is 0 Å². The van der Waals surface area contributed by atoms with E-state index in [1.54, 1.807) is 6.07 Å². The first-order valence-corrected chi connectivity index (χ1v) is 7.87. The molecular formula is C13H18BCl2N2O2S. The highest BCUT2D eigenvalue weighted by Crippen LogP contribution is 2.29. The zero-order chi connectivity index (χ0) is 16.4. The van der Waals surface area contributed by atoms with Crippen molar-refractivity contribution in [1.82, 2.24) is 5.32 Å². The summed E-state index contributed by atoms with van der Waals surface area (Å²) in [4.78, 5) is 4.95. The van der Waals surface area contributed by atoms with Crippen molar-refractivity contribution in [2.24, 2.45) is 5.16 Å². The number of halogens is 2. The Morgan fingerprint density at radius 1 is 1.52 bits per heavy atom. The van der Waals surface area contributed by atoms with Crippen LogP contribution in [0, 0.1) is 0 Å². The smallest absolute Gasteiger partial charge is 0.209 e. The van der Waals surface area contributed by atoms with Crippen LogP contribution in [0.25, 0.3) is 0 Å². The lowest BCUT2D eigenvalue weighted by Crippen LogP contribution is -2.26. The minimum Gasteiger partial charge on any atom is -0.399 e. The van der Waals surface area contributed by atoms with Gasteiger partial charge in [-0.05, 0) is 32.5 Å². The number of hydrogen-bond acceptors (Lipinski definition) is 5. The third-order valence-corrected chi connectivity index (χ3v) is 3.91. The molecule has 4 nitrogen and oxygen atoms in total. The largest absolute Gasteiger partial charge is 0.399 e. The highest BCUT2D eigenvalue weighted by Gasteiger charge is 2.20. The fourth-order valence-electron chi connectivity index (χ4n) is 1.99. The molecule has 0 saturated heterocycles. The van der Waals surface area contributed by atoms with E-state index in [0.717, 1.165) is 30.3 Å². The average Bonchev–Trinajstić information content (AvgIpc) is 2.50. The molecule has 0 bridgehead atoms. The summed E-state index contributed by atoms with van der Waals surface area (Å²) in [5.74, 6) is -0.0199. The van der Waals surface area contributed by atoms with Gasteiger partial charge in [-0.1, -0.05) is 46.3 Å². The van der Waals surface area contributed by atoms with Gasteiger partial charge >= 0.3 is 0 Å². The van der Waals surface area contributed by atoms with Crippen LogP contribution < -0.4 is 5.32 Å². The van der Waals surface area contributed by atoms with Gasteiger partial charge in [-0.15, -0.1) is 0 Å². The van der Waals surface area contributed by atoms with E-state index in [2.05, 4.69) is 10.5 Å². The Hall–Kier alpha value is -0.395. The van der Waals surface area contributed by atoms with E-state index in [1.165, 1.54) is 7.11 Å². The molecule has 0 aliphatic rings. The number of hydrogen-bond donors (Lipinski definition) is 1. The van der Waals surface area contributed by atoms with Crippen molar-refractivity contribution in [3.8, 4) is 0 Å². The van der Waals surface area contributed by atoms with Crippen molar-refractivity contribution in [2.45, 2.75) is 12.3 Å². The van der Waals surface area contributed by atoms with Crippen molar-refractivity contribution in [1.29, 1.82) is 1.34 Å². The summed E-state index contributed by atoms with van der Waals surface area (Å²) in [6.45, 7) is 1.05. The van der Waals surface area contributed by atoms with Crippen molar-refractivity contribution in [3.63, 3.8) is 0 Å². The third kappa shape index (κ3) is 6.08. The van der Waals surface area contributed by atoms with E-state index in [4.69, 9.17) is 33.6 Å². The summed E-state index contributed by atoms with van der Waals surface area (Å²) in [6, 6.07) is 5.52. The van der Waals surface area contributed by atoms with E-state index >= 15 is 0 Å². The molecule has 115 valence electrons. The molecule has 1 aromatic carbocycles. The Morgan fingerprint density at radius 3 is 2.95 bits per heavy atom. The molecule has 8 heteroatoms. The third-order valence-electron chi connectivity index (χ3n) is 2.87. The normalized spacial score (nSPS) is 13.7. The van der Waals surface area contributed by atoms with Crippen molar-refractivity contribution in [2.75, 3.05) is 27.3 Å². The van der Waals surface area contributed by atoms with Gasteiger partial charge in [-0.25, -0.2) is 0 Å². The summed E-state index contributed by atoms with van der Waals surface area (Å²) in [7, 11) is 4.51. The summed E-state index contributed by atoms with van der Waals surface area (Å²) >= 11 is 13.1. The number of nitrogens with zero attached hydrogens (tertiary/aromatic N) is 1. The minimum atomic E-state index is -0.0199. The Bertz CT molecular complexity index is 497. The molecule has 0 heterocycles. The quantitative estimate of drug-likeness (QED) is 0.231. The van der Waals surface area contributed by atoms with Crippen LogP contribution in [0.5, 0.6) is 0 Å². The number of benzene rings is 1.